The van der Waals surface area contributed by atoms with E-state index in [1.165, 1.54) is 0 Å². The molecule has 0 bridgehead atoms. The minimum atomic E-state index is 0. The molecule has 6 heavy (non-hydrogen) atoms. The van der Waals surface area contributed by atoms with Gasteiger partial charge >= 0.3 is 0 Å². The maximum atomic E-state index is 0. The summed E-state index contributed by atoms with van der Waals surface area (Å²) in [5.74, 6) is 0. The zero-order chi connectivity index (χ0) is 0. The maximum Gasteiger partial charge on any atom is 0 e. The summed E-state index contributed by atoms with van der Waals surface area (Å²) < 4.78 is 0. The third-order valence-electron chi connectivity index (χ3n) is 0. The van der Waals surface area contributed by atoms with E-state index in [1.54, 1.807) is 0 Å². The van der Waals surface area contributed by atoms with Gasteiger partial charge in [-0.15, -0.1) is 0 Å². The molecule has 48 valence electrons. The Morgan fingerprint density at radius 3 is 0.333 bits per heavy atom. The van der Waals surface area contributed by atoms with Gasteiger partial charge in [0.05, 0.1) is 0 Å². The smallest absolute Gasteiger partial charge is 0 e. The zero-order valence-electron chi connectivity index (χ0n) is 2.24. The fourth-order valence-corrected chi connectivity index (χ4v) is 0. The molecule has 0 saturated carbocycles. The van der Waals surface area contributed by atoms with E-state index < -0.39 is 0 Å². The molecule has 0 nitrogen and oxygen atoms in total. The van der Waals surface area contributed by atoms with Crippen LogP contribution in [0.4, 0.5) is 0 Å². The SMILES string of the molecule is [Co].[Co].[Co].[Co].[Co].[Y]. The summed E-state index contributed by atoms with van der Waals surface area (Å²) in [6.07, 6.45) is 0. The molecule has 0 aliphatic heterocycles. The second kappa shape index (κ2) is 38.1. The first-order valence-corrected chi connectivity index (χ1v) is 0. The molecule has 6 radical (unpaired) electrons. The van der Waals surface area contributed by atoms with Crippen LogP contribution in [-0.4, -0.2) is 0 Å². The molecular weight excluding hydrogens is 384 g/mol. The summed E-state index contributed by atoms with van der Waals surface area (Å²) in [4.78, 5) is 0. The van der Waals surface area contributed by atoms with Crippen LogP contribution in [0.25, 0.3) is 0 Å². The molecule has 0 aliphatic carbocycles. The van der Waals surface area contributed by atoms with Crippen molar-refractivity contribution in [3.63, 3.8) is 0 Å². The monoisotopic (exact) mass is 384 g/mol. The molecule has 0 unspecified atom stereocenters. The minimum absolute atomic E-state index is 0. The average Bonchev–Trinajstić information content (AvgIpc) is 0. The molecule has 0 aromatic rings. The molecule has 0 N–H and O–H groups in total. The van der Waals surface area contributed by atoms with E-state index in [2.05, 4.69) is 0 Å². The zero-order valence-corrected chi connectivity index (χ0v) is 10.3. The Labute approximate surface area is 114 Å². The van der Waals surface area contributed by atoms with Gasteiger partial charge in [-0.05, 0) is 0 Å². The molecule has 0 aliphatic rings. The van der Waals surface area contributed by atoms with Crippen LogP contribution >= 0.6 is 0 Å². The number of hydrogen-bond donors (Lipinski definition) is 0. The van der Waals surface area contributed by atoms with Gasteiger partial charge in [0.15, 0.2) is 0 Å². The van der Waals surface area contributed by atoms with Crippen molar-refractivity contribution in [1.29, 1.82) is 0 Å². The first-order chi connectivity index (χ1) is 0. The summed E-state index contributed by atoms with van der Waals surface area (Å²) in [6.45, 7) is 0. The Hall–Kier alpha value is 3.64. The minimum Gasteiger partial charge on any atom is 0 e. The summed E-state index contributed by atoms with van der Waals surface area (Å²) in [7, 11) is 0. The quantitative estimate of drug-likeness (QED) is 0.552. The Balaban J connectivity index is 0. The Morgan fingerprint density at radius 2 is 0.333 bits per heavy atom. The van der Waals surface area contributed by atoms with Gasteiger partial charge in [-0.1, -0.05) is 0 Å². The molecule has 0 fully saturated rings. The molecule has 0 amide bonds. The maximum absolute atomic E-state index is 0. The van der Waals surface area contributed by atoms with Crippen molar-refractivity contribution in [2.24, 2.45) is 0 Å². The van der Waals surface area contributed by atoms with Gasteiger partial charge in [-0.2, -0.15) is 0 Å². The normalized spacial score (nSPS) is 0. The van der Waals surface area contributed by atoms with Crippen LogP contribution in [0, 0.1) is 0 Å². The molecule has 0 spiro atoms. The average molecular weight is 384 g/mol. The second-order valence-electron chi connectivity index (χ2n) is 0. The van der Waals surface area contributed by atoms with Gasteiger partial charge in [0, 0.05) is 117 Å². The van der Waals surface area contributed by atoms with Crippen molar-refractivity contribution in [3.8, 4) is 0 Å². The Morgan fingerprint density at radius 1 is 0.333 bits per heavy atom. The van der Waals surface area contributed by atoms with Crippen LogP contribution in [0.15, 0.2) is 0 Å². The summed E-state index contributed by atoms with van der Waals surface area (Å²) in [5, 5.41) is 0. The van der Waals surface area contributed by atoms with E-state index in [4.69, 9.17) is 0 Å². The molecule has 0 rings (SSSR count). The third kappa shape index (κ3) is 25.4. The van der Waals surface area contributed by atoms with E-state index in [0.29, 0.717) is 0 Å². The van der Waals surface area contributed by atoms with Crippen molar-refractivity contribution < 1.29 is 117 Å². The molecule has 0 saturated heterocycles. The van der Waals surface area contributed by atoms with Gasteiger partial charge in [0.1, 0.15) is 0 Å². The van der Waals surface area contributed by atoms with Crippen LogP contribution < -0.4 is 0 Å². The van der Waals surface area contributed by atoms with Crippen LogP contribution in [0.2, 0.25) is 0 Å². The molecule has 0 aromatic heterocycles. The van der Waals surface area contributed by atoms with Crippen LogP contribution in [0.1, 0.15) is 0 Å². The first-order valence-electron chi connectivity index (χ1n) is 0. The van der Waals surface area contributed by atoms with E-state index in [0.717, 1.165) is 0 Å². The number of hydrogen-bond acceptors (Lipinski definition) is 0. The molecule has 0 atom stereocenters. The summed E-state index contributed by atoms with van der Waals surface area (Å²) in [5.41, 5.74) is 0. The van der Waals surface area contributed by atoms with E-state index in [9.17, 15) is 0 Å². The predicted octanol–water partition coefficient (Wildman–Crippen LogP) is -0.0150. The summed E-state index contributed by atoms with van der Waals surface area (Å²) in [6, 6.07) is 0. The van der Waals surface area contributed by atoms with Crippen LogP contribution in [0.5, 0.6) is 0 Å². The van der Waals surface area contributed by atoms with Gasteiger partial charge in [0.25, 0.3) is 0 Å². The van der Waals surface area contributed by atoms with Crippen molar-refractivity contribution in [3.05, 3.63) is 0 Å². The van der Waals surface area contributed by atoms with Gasteiger partial charge in [-0.25, -0.2) is 0 Å². The topological polar surface area (TPSA) is 0 Å². The van der Waals surface area contributed by atoms with Crippen molar-refractivity contribution in [2.75, 3.05) is 0 Å². The van der Waals surface area contributed by atoms with Crippen molar-refractivity contribution >= 4 is 0 Å². The number of rotatable bonds is 0. The second-order valence-corrected chi connectivity index (χ2v) is 0. The molecule has 0 aromatic carbocycles. The Bertz CT molecular complexity index is 3.90. The van der Waals surface area contributed by atoms with Crippen molar-refractivity contribution in [1.82, 2.24) is 0 Å². The summed E-state index contributed by atoms with van der Waals surface area (Å²) >= 11 is 0. The van der Waals surface area contributed by atoms with Gasteiger partial charge < -0.3 is 0 Å². The first kappa shape index (κ1) is 54.4. The fourth-order valence-electron chi connectivity index (χ4n) is 0. The van der Waals surface area contributed by atoms with Crippen LogP contribution in [-0.2, 0) is 117 Å². The molecule has 6 heteroatoms. The van der Waals surface area contributed by atoms with E-state index in [1.807, 2.05) is 0 Å². The largest absolute Gasteiger partial charge is 0 e. The van der Waals surface area contributed by atoms with E-state index >= 15 is 0 Å². The van der Waals surface area contributed by atoms with E-state index in [-0.39, 0.29) is 117 Å². The fraction of sp³-hybridized carbons (Fsp3) is 0. The van der Waals surface area contributed by atoms with Gasteiger partial charge in [0.2, 0.25) is 0 Å². The third-order valence-corrected chi connectivity index (χ3v) is 0. The Kier molecular flexibility index (Phi) is 345. The molecule has 0 heterocycles. The van der Waals surface area contributed by atoms with Crippen LogP contribution in [0.3, 0.4) is 0 Å². The predicted molar refractivity (Wildman–Crippen MR) is 0 cm³/mol. The molecular formula is Co5Y. The van der Waals surface area contributed by atoms with Crippen molar-refractivity contribution in [2.45, 2.75) is 0 Å². The standard InChI is InChI=1S/5Co.Y. The van der Waals surface area contributed by atoms with Gasteiger partial charge in [-0.3, -0.25) is 0 Å².